The number of likely N-dealkylation sites (tertiary alicyclic amines) is 1. The summed E-state index contributed by atoms with van der Waals surface area (Å²) in [6.07, 6.45) is -0.147. The number of amides is 1. The average Bonchev–Trinajstić information content (AvgIpc) is 3.05. The van der Waals surface area contributed by atoms with Crippen molar-refractivity contribution in [3.63, 3.8) is 0 Å². The molecule has 9 heteroatoms. The number of carbonyl (C=O) groups is 1. The van der Waals surface area contributed by atoms with E-state index in [1.54, 1.807) is 31.2 Å². The average molecular weight is 333 g/mol. The highest BCUT2D eigenvalue weighted by molar-refractivity contribution is 5.83. The number of aryl methyl sites for hydroxylation is 1. The molecule has 1 aromatic heterocycles. The molecule has 0 radical (unpaired) electrons. The van der Waals surface area contributed by atoms with Crippen molar-refractivity contribution in [2.75, 3.05) is 33.2 Å². The van der Waals surface area contributed by atoms with E-state index in [0.29, 0.717) is 26.1 Å². The van der Waals surface area contributed by atoms with E-state index in [1.165, 1.54) is 4.90 Å². The van der Waals surface area contributed by atoms with Gasteiger partial charge in [-0.1, -0.05) is 0 Å². The molecule has 2 rings (SSSR count). The molecule has 2 N–H and O–H groups in total. The van der Waals surface area contributed by atoms with E-state index < -0.39 is 18.8 Å². The van der Waals surface area contributed by atoms with Crippen LogP contribution in [0.5, 0.6) is 0 Å². The van der Waals surface area contributed by atoms with Crippen LogP contribution in [0.1, 0.15) is 18.0 Å². The minimum absolute atomic E-state index is 0.0488. The van der Waals surface area contributed by atoms with Crippen molar-refractivity contribution in [2.45, 2.75) is 18.6 Å². The lowest BCUT2D eigenvalue weighted by molar-refractivity contribution is -0.143. The van der Waals surface area contributed by atoms with E-state index in [1.807, 2.05) is 0 Å². The Morgan fingerprint density at radius 2 is 2.26 bits per heavy atom. The number of hydrogen-bond acceptors (Lipinski definition) is 4. The Hall–Kier alpha value is -1.61. The molecule has 1 amide bonds. The molecule has 130 valence electrons. The smallest absolute Gasteiger partial charge is 0.354 e. The molecule has 2 heterocycles. The largest absolute Gasteiger partial charge is 0.401 e. The summed E-state index contributed by atoms with van der Waals surface area (Å²) in [6.45, 7) is 0.271. The van der Waals surface area contributed by atoms with E-state index in [-0.39, 0.29) is 11.8 Å². The molecule has 0 aromatic carbocycles. The third-order valence-electron chi connectivity index (χ3n) is 3.95. The van der Waals surface area contributed by atoms with Gasteiger partial charge in [0.15, 0.2) is 0 Å². The molecule has 0 saturated carbocycles. The maximum absolute atomic E-state index is 12.4. The van der Waals surface area contributed by atoms with Crippen LogP contribution in [0.2, 0.25) is 0 Å². The van der Waals surface area contributed by atoms with Crippen LogP contribution in [0, 0.1) is 5.92 Å². The molecule has 2 atom stereocenters. The molecular weight excluding hydrogens is 311 g/mol. The summed E-state index contributed by atoms with van der Waals surface area (Å²) in [5.41, 5.74) is 0.748. The van der Waals surface area contributed by atoms with E-state index in [9.17, 15) is 18.0 Å². The Labute approximate surface area is 133 Å². The first-order valence-electron chi connectivity index (χ1n) is 7.51. The summed E-state index contributed by atoms with van der Waals surface area (Å²) < 4.78 is 38.7. The summed E-state index contributed by atoms with van der Waals surface area (Å²) in [4.78, 5) is 13.6. The van der Waals surface area contributed by atoms with Gasteiger partial charge in [0.2, 0.25) is 5.91 Å². The second kappa shape index (κ2) is 7.31. The van der Waals surface area contributed by atoms with Crippen LogP contribution in [0.3, 0.4) is 0 Å². The van der Waals surface area contributed by atoms with Gasteiger partial charge in [0.25, 0.3) is 0 Å². The summed E-state index contributed by atoms with van der Waals surface area (Å²) >= 11 is 0. The Morgan fingerprint density at radius 3 is 2.83 bits per heavy atom. The second-order valence-electron chi connectivity index (χ2n) is 5.92. The Bertz CT molecular complexity index is 531. The second-order valence-corrected chi connectivity index (χ2v) is 5.92. The minimum Gasteiger partial charge on any atom is -0.354 e. The number of carbonyl (C=O) groups excluding carboxylic acids is 1. The lowest BCUT2D eigenvalue weighted by atomic mass is 10.1. The molecule has 1 saturated heterocycles. The van der Waals surface area contributed by atoms with Crippen LogP contribution in [0.15, 0.2) is 12.4 Å². The fourth-order valence-corrected chi connectivity index (χ4v) is 2.86. The fourth-order valence-electron chi connectivity index (χ4n) is 2.86. The number of aromatic nitrogens is 2. The third kappa shape index (κ3) is 5.21. The highest BCUT2D eigenvalue weighted by Crippen LogP contribution is 2.22. The van der Waals surface area contributed by atoms with E-state index in [0.717, 1.165) is 5.56 Å². The van der Waals surface area contributed by atoms with Gasteiger partial charge in [-0.3, -0.25) is 14.4 Å². The van der Waals surface area contributed by atoms with Gasteiger partial charge < -0.3 is 10.6 Å². The summed E-state index contributed by atoms with van der Waals surface area (Å²) in [5, 5.41) is 9.78. The van der Waals surface area contributed by atoms with Crippen molar-refractivity contribution < 1.29 is 18.0 Å². The fraction of sp³-hybridized carbons (Fsp3) is 0.714. The van der Waals surface area contributed by atoms with Crippen LogP contribution < -0.4 is 10.6 Å². The maximum Gasteiger partial charge on any atom is 0.401 e. The Morgan fingerprint density at radius 1 is 1.52 bits per heavy atom. The molecule has 0 bridgehead atoms. The molecule has 0 spiro atoms. The number of nitrogens with one attached hydrogen (secondary N) is 2. The van der Waals surface area contributed by atoms with Crippen molar-refractivity contribution >= 4 is 5.91 Å². The quantitative estimate of drug-likeness (QED) is 0.804. The lowest BCUT2D eigenvalue weighted by Crippen LogP contribution is -2.39. The number of halogens is 3. The van der Waals surface area contributed by atoms with Gasteiger partial charge >= 0.3 is 6.18 Å². The zero-order valence-corrected chi connectivity index (χ0v) is 13.2. The number of likely N-dealkylation sites (N-methyl/N-ethyl adjacent to an activating group) is 1. The SMILES string of the molecule is CNC(C(=O)NCC1CCN(CC(F)(F)F)C1)c1cnn(C)c1. The van der Waals surface area contributed by atoms with Crippen LogP contribution in [0.25, 0.3) is 0 Å². The highest BCUT2D eigenvalue weighted by Gasteiger charge is 2.34. The lowest BCUT2D eigenvalue weighted by Gasteiger charge is -2.19. The minimum atomic E-state index is -4.17. The van der Waals surface area contributed by atoms with Gasteiger partial charge in [0.05, 0.1) is 12.7 Å². The van der Waals surface area contributed by atoms with Gasteiger partial charge in [0.1, 0.15) is 6.04 Å². The number of hydrogen-bond donors (Lipinski definition) is 2. The van der Waals surface area contributed by atoms with Crippen LogP contribution in [-0.4, -0.2) is 60.0 Å². The van der Waals surface area contributed by atoms with E-state index in [2.05, 4.69) is 15.7 Å². The number of alkyl halides is 3. The first kappa shape index (κ1) is 17.7. The van der Waals surface area contributed by atoms with Crippen molar-refractivity contribution in [1.82, 2.24) is 25.3 Å². The van der Waals surface area contributed by atoms with Crippen molar-refractivity contribution in [3.05, 3.63) is 18.0 Å². The molecule has 1 fully saturated rings. The molecule has 6 nitrogen and oxygen atoms in total. The Balaban J connectivity index is 1.80. The first-order valence-corrected chi connectivity index (χ1v) is 7.51. The molecule has 1 aliphatic rings. The van der Waals surface area contributed by atoms with E-state index >= 15 is 0 Å². The monoisotopic (exact) mass is 333 g/mol. The van der Waals surface area contributed by atoms with Gasteiger partial charge in [-0.2, -0.15) is 18.3 Å². The van der Waals surface area contributed by atoms with Gasteiger partial charge in [-0.05, 0) is 25.9 Å². The molecule has 23 heavy (non-hydrogen) atoms. The maximum atomic E-state index is 12.4. The highest BCUT2D eigenvalue weighted by atomic mass is 19.4. The van der Waals surface area contributed by atoms with E-state index in [4.69, 9.17) is 0 Å². The molecule has 1 aliphatic heterocycles. The Kier molecular flexibility index (Phi) is 5.64. The molecule has 1 aromatic rings. The summed E-state index contributed by atoms with van der Waals surface area (Å²) in [7, 11) is 3.44. The zero-order chi connectivity index (χ0) is 17.0. The summed E-state index contributed by atoms with van der Waals surface area (Å²) in [6, 6.07) is -0.517. The van der Waals surface area contributed by atoms with Crippen LogP contribution in [-0.2, 0) is 11.8 Å². The number of nitrogens with zero attached hydrogens (tertiary/aromatic N) is 3. The van der Waals surface area contributed by atoms with Gasteiger partial charge in [0, 0.05) is 31.9 Å². The third-order valence-corrected chi connectivity index (χ3v) is 3.95. The van der Waals surface area contributed by atoms with Gasteiger partial charge in [-0.15, -0.1) is 0 Å². The van der Waals surface area contributed by atoms with Crippen LogP contribution in [0.4, 0.5) is 13.2 Å². The van der Waals surface area contributed by atoms with Gasteiger partial charge in [-0.25, -0.2) is 0 Å². The van der Waals surface area contributed by atoms with Crippen molar-refractivity contribution in [1.29, 1.82) is 0 Å². The number of rotatable bonds is 6. The summed E-state index contributed by atoms with van der Waals surface area (Å²) in [5.74, 6) is -0.150. The van der Waals surface area contributed by atoms with Crippen LogP contribution >= 0.6 is 0 Å². The predicted octanol–water partition coefficient (Wildman–Crippen LogP) is 0.681. The standard InChI is InChI=1S/C14H22F3N5O/c1-18-12(11-6-20-21(2)8-11)13(23)19-5-10-3-4-22(7-10)9-14(15,16)17/h6,8,10,12,18H,3-5,7,9H2,1-2H3,(H,19,23). The van der Waals surface area contributed by atoms with Crippen molar-refractivity contribution in [3.8, 4) is 0 Å². The molecule has 0 aliphatic carbocycles. The molecule has 2 unspecified atom stereocenters. The topological polar surface area (TPSA) is 62.2 Å². The first-order chi connectivity index (χ1) is 10.8. The normalized spacial score (nSPS) is 20.7. The predicted molar refractivity (Wildman–Crippen MR) is 78.6 cm³/mol. The zero-order valence-electron chi connectivity index (χ0n) is 13.2. The molecular formula is C14H22F3N5O. The van der Waals surface area contributed by atoms with Crippen molar-refractivity contribution in [2.24, 2.45) is 13.0 Å².